The van der Waals surface area contributed by atoms with E-state index >= 15 is 0 Å². The molecule has 5 heteroatoms. The Morgan fingerprint density at radius 3 is 2.59 bits per heavy atom. The highest BCUT2D eigenvalue weighted by molar-refractivity contribution is 5.83. The SMILES string of the molecule is C=CCN1CCN(C(=O)COC)CC(Cc2ccccc2-c2ccccc2)C1=O. The predicted molar refractivity (Wildman–Crippen MR) is 114 cm³/mol. The molecule has 2 aromatic rings. The van der Waals surface area contributed by atoms with Gasteiger partial charge in [-0.05, 0) is 23.1 Å². The summed E-state index contributed by atoms with van der Waals surface area (Å²) in [5.41, 5.74) is 3.35. The predicted octanol–water partition coefficient (Wildman–Crippen LogP) is 3.02. The Bertz CT molecular complexity index is 850. The Kier molecular flexibility index (Phi) is 7.19. The number of rotatable bonds is 7. The molecule has 0 aliphatic carbocycles. The lowest BCUT2D eigenvalue weighted by atomic mass is 9.91. The van der Waals surface area contributed by atoms with Crippen LogP contribution < -0.4 is 0 Å². The summed E-state index contributed by atoms with van der Waals surface area (Å²) in [7, 11) is 1.51. The third-order valence-corrected chi connectivity index (χ3v) is 5.28. The molecule has 1 fully saturated rings. The van der Waals surface area contributed by atoms with E-state index in [9.17, 15) is 9.59 Å². The summed E-state index contributed by atoms with van der Waals surface area (Å²) in [5, 5.41) is 0. The molecule has 1 unspecified atom stereocenters. The third kappa shape index (κ3) is 5.12. The molecule has 1 aliphatic heterocycles. The van der Waals surface area contributed by atoms with Crippen molar-refractivity contribution in [2.75, 3.05) is 39.9 Å². The number of carbonyl (C=O) groups is 2. The summed E-state index contributed by atoms with van der Waals surface area (Å²) in [4.78, 5) is 29.2. The molecule has 5 nitrogen and oxygen atoms in total. The minimum atomic E-state index is -0.303. The Morgan fingerprint density at radius 1 is 1.14 bits per heavy atom. The maximum atomic E-state index is 13.2. The average Bonchev–Trinajstić information content (AvgIpc) is 2.89. The smallest absolute Gasteiger partial charge is 0.248 e. The first kappa shape index (κ1) is 20.8. The van der Waals surface area contributed by atoms with Crippen LogP contribution in [0.15, 0.2) is 67.3 Å². The van der Waals surface area contributed by atoms with Crippen molar-refractivity contribution in [3.63, 3.8) is 0 Å². The van der Waals surface area contributed by atoms with E-state index in [1.807, 2.05) is 30.3 Å². The molecule has 0 saturated carbocycles. The van der Waals surface area contributed by atoms with E-state index in [0.29, 0.717) is 32.6 Å². The highest BCUT2D eigenvalue weighted by Gasteiger charge is 2.32. The van der Waals surface area contributed by atoms with Gasteiger partial charge in [0.15, 0.2) is 0 Å². The second kappa shape index (κ2) is 10.0. The number of amides is 2. The Hall–Kier alpha value is -2.92. The number of nitrogens with zero attached hydrogens (tertiary/aromatic N) is 2. The van der Waals surface area contributed by atoms with Gasteiger partial charge in [-0.15, -0.1) is 6.58 Å². The summed E-state index contributed by atoms with van der Waals surface area (Å²) >= 11 is 0. The minimum absolute atomic E-state index is 0.0307. The molecular formula is C24H28N2O3. The zero-order valence-electron chi connectivity index (χ0n) is 16.9. The van der Waals surface area contributed by atoms with Crippen LogP contribution in [0.3, 0.4) is 0 Å². The van der Waals surface area contributed by atoms with Crippen LogP contribution in [0.4, 0.5) is 0 Å². The van der Waals surface area contributed by atoms with Crippen LogP contribution in [0.2, 0.25) is 0 Å². The Labute approximate surface area is 172 Å². The van der Waals surface area contributed by atoms with Gasteiger partial charge in [0, 0.05) is 33.3 Å². The van der Waals surface area contributed by atoms with Gasteiger partial charge in [0.05, 0.1) is 5.92 Å². The third-order valence-electron chi connectivity index (χ3n) is 5.28. The second-order valence-electron chi connectivity index (χ2n) is 7.27. The molecule has 1 aliphatic rings. The van der Waals surface area contributed by atoms with Crippen molar-refractivity contribution in [1.29, 1.82) is 0 Å². The summed E-state index contributed by atoms with van der Waals surface area (Å²) < 4.78 is 5.02. The quantitative estimate of drug-likeness (QED) is 0.681. The van der Waals surface area contributed by atoms with Crippen LogP contribution in [-0.2, 0) is 20.7 Å². The van der Waals surface area contributed by atoms with Crippen molar-refractivity contribution < 1.29 is 14.3 Å². The molecule has 2 amide bonds. The molecule has 0 N–H and O–H groups in total. The summed E-state index contributed by atoms with van der Waals surface area (Å²) in [5.74, 6) is -0.314. The van der Waals surface area contributed by atoms with Crippen molar-refractivity contribution in [2.45, 2.75) is 6.42 Å². The molecule has 1 heterocycles. The first-order valence-corrected chi connectivity index (χ1v) is 9.93. The van der Waals surface area contributed by atoms with E-state index in [1.54, 1.807) is 15.9 Å². The van der Waals surface area contributed by atoms with E-state index < -0.39 is 0 Å². The average molecular weight is 392 g/mol. The molecule has 0 radical (unpaired) electrons. The largest absolute Gasteiger partial charge is 0.375 e. The first-order valence-electron chi connectivity index (χ1n) is 9.93. The Balaban J connectivity index is 1.89. The van der Waals surface area contributed by atoms with Crippen molar-refractivity contribution in [1.82, 2.24) is 9.80 Å². The lowest BCUT2D eigenvalue weighted by Crippen LogP contribution is -2.39. The zero-order valence-corrected chi connectivity index (χ0v) is 16.9. The fraction of sp³-hybridized carbons (Fsp3) is 0.333. The molecule has 1 saturated heterocycles. The van der Waals surface area contributed by atoms with Crippen molar-refractivity contribution in [3.05, 3.63) is 72.8 Å². The van der Waals surface area contributed by atoms with Crippen molar-refractivity contribution >= 4 is 11.8 Å². The van der Waals surface area contributed by atoms with Crippen LogP contribution in [0.25, 0.3) is 11.1 Å². The van der Waals surface area contributed by atoms with Crippen LogP contribution in [-0.4, -0.2) is 61.5 Å². The van der Waals surface area contributed by atoms with Crippen LogP contribution in [0.5, 0.6) is 0 Å². The van der Waals surface area contributed by atoms with E-state index in [4.69, 9.17) is 4.74 Å². The molecule has 29 heavy (non-hydrogen) atoms. The topological polar surface area (TPSA) is 49.9 Å². The maximum Gasteiger partial charge on any atom is 0.248 e. The number of carbonyl (C=O) groups excluding carboxylic acids is 2. The maximum absolute atomic E-state index is 13.2. The van der Waals surface area contributed by atoms with E-state index in [-0.39, 0.29) is 24.3 Å². The number of hydrogen-bond donors (Lipinski definition) is 0. The molecule has 2 aromatic carbocycles. The van der Waals surface area contributed by atoms with Gasteiger partial charge in [-0.2, -0.15) is 0 Å². The lowest BCUT2D eigenvalue weighted by molar-refractivity contribution is -0.136. The van der Waals surface area contributed by atoms with Crippen LogP contribution in [0.1, 0.15) is 5.56 Å². The van der Waals surface area contributed by atoms with Gasteiger partial charge in [0.2, 0.25) is 11.8 Å². The molecular weight excluding hydrogens is 364 g/mol. The van der Waals surface area contributed by atoms with Gasteiger partial charge in [-0.3, -0.25) is 9.59 Å². The lowest BCUT2D eigenvalue weighted by Gasteiger charge is -2.24. The normalized spacial score (nSPS) is 17.1. The van der Waals surface area contributed by atoms with Gasteiger partial charge in [0.1, 0.15) is 6.61 Å². The van der Waals surface area contributed by atoms with Gasteiger partial charge >= 0.3 is 0 Å². The van der Waals surface area contributed by atoms with Crippen LogP contribution >= 0.6 is 0 Å². The summed E-state index contributed by atoms with van der Waals surface area (Å²) in [6.07, 6.45) is 2.31. The fourth-order valence-corrected chi connectivity index (χ4v) is 3.84. The molecule has 152 valence electrons. The highest BCUT2D eigenvalue weighted by atomic mass is 16.5. The fourth-order valence-electron chi connectivity index (χ4n) is 3.84. The van der Waals surface area contributed by atoms with Gasteiger partial charge in [-0.25, -0.2) is 0 Å². The van der Waals surface area contributed by atoms with Crippen molar-refractivity contribution in [2.24, 2.45) is 5.92 Å². The molecule has 0 aromatic heterocycles. The Morgan fingerprint density at radius 2 is 1.86 bits per heavy atom. The summed E-state index contributed by atoms with van der Waals surface area (Å²) in [6, 6.07) is 18.3. The zero-order chi connectivity index (χ0) is 20.6. The van der Waals surface area contributed by atoms with E-state index in [1.165, 1.54) is 7.11 Å². The molecule has 0 spiro atoms. The number of hydrogen-bond acceptors (Lipinski definition) is 3. The van der Waals surface area contributed by atoms with Gasteiger partial charge in [0.25, 0.3) is 0 Å². The van der Waals surface area contributed by atoms with Gasteiger partial charge < -0.3 is 14.5 Å². The number of methoxy groups -OCH3 is 1. The standard InChI is InChI=1S/C24H28N2O3/c1-3-13-25-14-15-26(23(27)18-29-2)17-21(24(25)28)16-20-11-7-8-12-22(20)19-9-5-4-6-10-19/h3-12,21H,1,13-18H2,2H3. The molecule has 1 atom stereocenters. The number of ether oxygens (including phenoxy) is 1. The molecule has 0 bridgehead atoms. The monoisotopic (exact) mass is 392 g/mol. The summed E-state index contributed by atoms with van der Waals surface area (Å²) in [6.45, 7) is 5.71. The number of benzene rings is 2. The van der Waals surface area contributed by atoms with Crippen LogP contribution in [0, 0.1) is 5.92 Å². The first-order chi connectivity index (χ1) is 14.1. The van der Waals surface area contributed by atoms with Crippen molar-refractivity contribution in [3.8, 4) is 11.1 Å². The molecule has 3 rings (SSSR count). The minimum Gasteiger partial charge on any atom is -0.375 e. The van der Waals surface area contributed by atoms with Gasteiger partial charge in [-0.1, -0.05) is 60.7 Å². The highest BCUT2D eigenvalue weighted by Crippen LogP contribution is 2.27. The van der Waals surface area contributed by atoms with E-state index in [0.717, 1.165) is 16.7 Å². The second-order valence-corrected chi connectivity index (χ2v) is 7.27. The van der Waals surface area contributed by atoms with E-state index in [2.05, 4.69) is 30.8 Å².